The van der Waals surface area contributed by atoms with Crippen LogP contribution in [-0.2, 0) is 16.0 Å². The van der Waals surface area contributed by atoms with Crippen molar-refractivity contribution in [3.8, 4) is 0 Å². The van der Waals surface area contributed by atoms with E-state index < -0.39 is 0 Å². The standard InChI is InChI=1S/C16H28N4O3.HI/c1-13(6-7-14-5-4-11-23-14)20-16(17-2)19-9-8-15(21)18-10-12-22-3;/h4-5,11,13H,6-10,12H2,1-3H3,(H,18,21)(H2,17,19,20);1H. The van der Waals surface area contributed by atoms with Crippen LogP contribution in [0.3, 0.4) is 0 Å². The Morgan fingerprint density at radius 3 is 2.79 bits per heavy atom. The zero-order chi connectivity index (χ0) is 16.9. The van der Waals surface area contributed by atoms with Crippen molar-refractivity contribution in [2.75, 3.05) is 33.9 Å². The highest BCUT2D eigenvalue weighted by atomic mass is 127. The summed E-state index contributed by atoms with van der Waals surface area (Å²) in [6.45, 7) is 3.68. The zero-order valence-electron chi connectivity index (χ0n) is 14.6. The maximum atomic E-state index is 11.6. The molecule has 138 valence electrons. The summed E-state index contributed by atoms with van der Waals surface area (Å²) in [5.74, 6) is 1.67. The third kappa shape index (κ3) is 10.5. The summed E-state index contributed by atoms with van der Waals surface area (Å²) < 4.78 is 10.2. The molecule has 1 heterocycles. The second-order valence-electron chi connectivity index (χ2n) is 5.26. The molecule has 1 aromatic rings. The Kier molecular flexibility index (Phi) is 13.3. The number of hydrogen-bond acceptors (Lipinski definition) is 4. The summed E-state index contributed by atoms with van der Waals surface area (Å²) in [5.41, 5.74) is 0. The van der Waals surface area contributed by atoms with Crippen LogP contribution in [0.4, 0.5) is 0 Å². The molecule has 1 aromatic heterocycles. The van der Waals surface area contributed by atoms with E-state index in [9.17, 15) is 4.79 Å². The molecule has 1 rings (SSSR count). The molecule has 0 bridgehead atoms. The molecule has 3 N–H and O–H groups in total. The molecule has 0 saturated carbocycles. The molecule has 0 aliphatic rings. The SMILES string of the molecule is CN=C(NCCC(=O)NCCOC)NC(C)CCc1ccco1.I. The fraction of sp³-hybridized carbons (Fsp3) is 0.625. The first kappa shape index (κ1) is 22.7. The number of ether oxygens (including phenoxy) is 1. The average Bonchev–Trinajstić information content (AvgIpc) is 3.05. The van der Waals surface area contributed by atoms with E-state index in [1.807, 2.05) is 12.1 Å². The van der Waals surface area contributed by atoms with Gasteiger partial charge in [-0.1, -0.05) is 0 Å². The monoisotopic (exact) mass is 452 g/mol. The van der Waals surface area contributed by atoms with Crippen molar-refractivity contribution in [2.45, 2.75) is 32.2 Å². The largest absolute Gasteiger partial charge is 0.469 e. The fourth-order valence-corrected chi connectivity index (χ4v) is 1.99. The van der Waals surface area contributed by atoms with Crippen molar-refractivity contribution in [2.24, 2.45) is 4.99 Å². The lowest BCUT2D eigenvalue weighted by atomic mass is 10.1. The van der Waals surface area contributed by atoms with Crippen molar-refractivity contribution in [3.05, 3.63) is 24.2 Å². The molecule has 24 heavy (non-hydrogen) atoms. The van der Waals surface area contributed by atoms with E-state index in [1.165, 1.54) is 0 Å². The quantitative estimate of drug-likeness (QED) is 0.217. The van der Waals surface area contributed by atoms with Gasteiger partial charge in [0.2, 0.25) is 5.91 Å². The fourth-order valence-electron chi connectivity index (χ4n) is 1.99. The molecule has 1 amide bonds. The van der Waals surface area contributed by atoms with Gasteiger partial charge in [-0.15, -0.1) is 24.0 Å². The van der Waals surface area contributed by atoms with Crippen LogP contribution in [0.1, 0.15) is 25.5 Å². The lowest BCUT2D eigenvalue weighted by molar-refractivity contribution is -0.121. The minimum absolute atomic E-state index is 0. The summed E-state index contributed by atoms with van der Waals surface area (Å²) in [5, 5.41) is 9.22. The number of halogens is 1. The van der Waals surface area contributed by atoms with Crippen LogP contribution in [0, 0.1) is 0 Å². The van der Waals surface area contributed by atoms with Gasteiger partial charge in [0.25, 0.3) is 0 Å². The minimum Gasteiger partial charge on any atom is -0.469 e. The van der Waals surface area contributed by atoms with Gasteiger partial charge in [-0.25, -0.2) is 0 Å². The lowest BCUT2D eigenvalue weighted by Gasteiger charge is -2.17. The first-order valence-corrected chi connectivity index (χ1v) is 7.91. The van der Waals surface area contributed by atoms with Crippen molar-refractivity contribution in [1.29, 1.82) is 0 Å². The summed E-state index contributed by atoms with van der Waals surface area (Å²) in [6.07, 6.45) is 3.89. The Balaban J connectivity index is 0.00000529. The summed E-state index contributed by atoms with van der Waals surface area (Å²) in [6, 6.07) is 4.12. The Bertz CT molecular complexity index is 466. The van der Waals surface area contributed by atoms with Crippen molar-refractivity contribution >= 4 is 35.8 Å². The average molecular weight is 452 g/mol. The van der Waals surface area contributed by atoms with E-state index in [4.69, 9.17) is 9.15 Å². The van der Waals surface area contributed by atoms with Crippen molar-refractivity contribution in [1.82, 2.24) is 16.0 Å². The number of methoxy groups -OCH3 is 1. The third-order valence-corrected chi connectivity index (χ3v) is 3.28. The number of carbonyl (C=O) groups is 1. The summed E-state index contributed by atoms with van der Waals surface area (Å²) in [7, 11) is 3.32. The highest BCUT2D eigenvalue weighted by Crippen LogP contribution is 2.05. The molecular formula is C16H29IN4O3. The first-order valence-electron chi connectivity index (χ1n) is 7.91. The topological polar surface area (TPSA) is 87.9 Å². The van der Waals surface area contributed by atoms with Gasteiger partial charge in [0, 0.05) is 46.1 Å². The number of hydrogen-bond donors (Lipinski definition) is 3. The number of rotatable bonds is 10. The second kappa shape index (κ2) is 14.1. The Morgan fingerprint density at radius 2 is 2.17 bits per heavy atom. The molecule has 1 unspecified atom stereocenters. The molecule has 0 spiro atoms. The van der Waals surface area contributed by atoms with Crippen LogP contribution in [-0.4, -0.2) is 51.8 Å². The summed E-state index contributed by atoms with van der Waals surface area (Å²) >= 11 is 0. The Morgan fingerprint density at radius 1 is 1.38 bits per heavy atom. The molecule has 0 aliphatic heterocycles. The second-order valence-corrected chi connectivity index (χ2v) is 5.26. The lowest BCUT2D eigenvalue weighted by Crippen LogP contribution is -2.43. The van der Waals surface area contributed by atoms with Gasteiger partial charge in [-0.2, -0.15) is 0 Å². The number of amides is 1. The van der Waals surface area contributed by atoms with Gasteiger partial charge in [-0.3, -0.25) is 9.79 Å². The number of nitrogens with one attached hydrogen (secondary N) is 3. The first-order chi connectivity index (χ1) is 11.2. The van der Waals surface area contributed by atoms with E-state index in [2.05, 4.69) is 27.9 Å². The highest BCUT2D eigenvalue weighted by Gasteiger charge is 2.07. The maximum absolute atomic E-state index is 11.6. The van der Waals surface area contributed by atoms with Gasteiger partial charge in [0.05, 0.1) is 12.9 Å². The van der Waals surface area contributed by atoms with Gasteiger partial charge in [0.1, 0.15) is 5.76 Å². The predicted octanol–water partition coefficient (Wildman–Crippen LogP) is 1.54. The molecule has 7 nitrogen and oxygen atoms in total. The van der Waals surface area contributed by atoms with Crippen LogP contribution in [0.5, 0.6) is 0 Å². The van der Waals surface area contributed by atoms with Crippen LogP contribution < -0.4 is 16.0 Å². The number of aryl methyl sites for hydroxylation is 1. The molecular weight excluding hydrogens is 423 g/mol. The van der Waals surface area contributed by atoms with E-state index in [1.54, 1.807) is 20.4 Å². The van der Waals surface area contributed by atoms with Crippen LogP contribution in [0.15, 0.2) is 27.8 Å². The molecule has 0 saturated heterocycles. The van der Waals surface area contributed by atoms with Gasteiger partial charge in [0.15, 0.2) is 5.96 Å². The predicted molar refractivity (Wildman–Crippen MR) is 106 cm³/mol. The van der Waals surface area contributed by atoms with Crippen LogP contribution in [0.2, 0.25) is 0 Å². The third-order valence-electron chi connectivity index (χ3n) is 3.28. The number of carbonyl (C=O) groups excluding carboxylic acids is 1. The minimum atomic E-state index is -0.00382. The smallest absolute Gasteiger partial charge is 0.221 e. The van der Waals surface area contributed by atoms with Crippen LogP contribution >= 0.6 is 24.0 Å². The van der Waals surface area contributed by atoms with Crippen molar-refractivity contribution < 1.29 is 13.9 Å². The van der Waals surface area contributed by atoms with Gasteiger partial charge < -0.3 is 25.1 Å². The Labute approximate surface area is 161 Å². The van der Waals surface area contributed by atoms with Gasteiger partial charge in [-0.05, 0) is 25.5 Å². The zero-order valence-corrected chi connectivity index (χ0v) is 17.0. The number of aliphatic imine (C=N–C) groups is 1. The molecule has 0 fully saturated rings. The summed E-state index contributed by atoms with van der Waals surface area (Å²) in [4.78, 5) is 15.7. The molecule has 0 radical (unpaired) electrons. The van der Waals surface area contributed by atoms with E-state index in [-0.39, 0.29) is 35.9 Å². The maximum Gasteiger partial charge on any atom is 0.221 e. The van der Waals surface area contributed by atoms with E-state index in [0.29, 0.717) is 32.1 Å². The number of guanidine groups is 1. The number of furan rings is 1. The molecule has 0 aromatic carbocycles. The van der Waals surface area contributed by atoms with Gasteiger partial charge >= 0.3 is 0 Å². The van der Waals surface area contributed by atoms with Crippen LogP contribution in [0.25, 0.3) is 0 Å². The van der Waals surface area contributed by atoms with Crippen molar-refractivity contribution in [3.63, 3.8) is 0 Å². The Hall–Kier alpha value is -1.29. The molecule has 8 heteroatoms. The number of nitrogens with zero attached hydrogens (tertiary/aromatic N) is 1. The molecule has 0 aliphatic carbocycles. The van der Waals surface area contributed by atoms with E-state index >= 15 is 0 Å². The molecule has 1 atom stereocenters. The van der Waals surface area contributed by atoms with E-state index in [0.717, 1.165) is 18.6 Å². The highest BCUT2D eigenvalue weighted by molar-refractivity contribution is 14.0. The normalized spacial score (nSPS) is 12.2.